The molecule has 0 amide bonds. The number of thiophene rings is 1. The lowest BCUT2D eigenvalue weighted by Crippen LogP contribution is -2.18. The molecular weight excluding hydrogens is 244 g/mol. The summed E-state index contributed by atoms with van der Waals surface area (Å²) in [5, 5.41) is 11.3. The van der Waals surface area contributed by atoms with Crippen molar-refractivity contribution >= 4 is 33.3 Å². The molecule has 0 aromatic carbocycles. The van der Waals surface area contributed by atoms with Crippen LogP contribution < -0.4 is 5.56 Å². The maximum absolute atomic E-state index is 11.9. The van der Waals surface area contributed by atoms with E-state index in [4.69, 9.17) is 5.11 Å². The first-order chi connectivity index (χ1) is 7.74. The second-order valence-corrected chi connectivity index (χ2v) is 5.30. The van der Waals surface area contributed by atoms with Gasteiger partial charge in [0.05, 0.1) is 5.52 Å². The van der Waals surface area contributed by atoms with E-state index >= 15 is 0 Å². The van der Waals surface area contributed by atoms with Crippen LogP contribution in [-0.2, 0) is 7.05 Å². The summed E-state index contributed by atoms with van der Waals surface area (Å²) in [5.74, 6) is 0.770. The van der Waals surface area contributed by atoms with E-state index in [0.717, 1.165) is 11.3 Å². The van der Waals surface area contributed by atoms with Crippen LogP contribution in [0.2, 0.25) is 0 Å². The Morgan fingerprint density at radius 2 is 2.44 bits per heavy atom. The number of rotatable bonds is 4. The molecule has 0 aliphatic heterocycles. The molecule has 0 spiro atoms. The predicted octanol–water partition coefficient (Wildman–Crippen LogP) is 1.47. The van der Waals surface area contributed by atoms with Gasteiger partial charge < -0.3 is 5.11 Å². The summed E-state index contributed by atoms with van der Waals surface area (Å²) in [6.45, 7) is 0.168. The molecule has 86 valence electrons. The minimum absolute atomic E-state index is 0.00602. The van der Waals surface area contributed by atoms with E-state index in [1.54, 1.807) is 11.6 Å². The van der Waals surface area contributed by atoms with Crippen LogP contribution in [0.15, 0.2) is 21.4 Å². The molecule has 0 radical (unpaired) electrons. The minimum Gasteiger partial charge on any atom is -0.396 e. The SMILES string of the molecule is Cn1c(SCCCO)nc2ccsc2c1=O. The molecule has 0 bridgehead atoms. The number of fused-ring (bicyclic) bond motifs is 1. The van der Waals surface area contributed by atoms with Crippen LogP contribution >= 0.6 is 23.1 Å². The third-order valence-corrected chi connectivity index (χ3v) is 4.19. The van der Waals surface area contributed by atoms with Crippen molar-refractivity contribution in [2.75, 3.05) is 12.4 Å². The van der Waals surface area contributed by atoms with Crippen LogP contribution in [0.25, 0.3) is 10.2 Å². The molecule has 2 aromatic rings. The Hall–Kier alpha value is -0.850. The lowest BCUT2D eigenvalue weighted by molar-refractivity contribution is 0.296. The molecule has 0 aliphatic carbocycles. The molecule has 4 nitrogen and oxygen atoms in total. The predicted molar refractivity (Wildman–Crippen MR) is 67.3 cm³/mol. The number of hydrogen-bond donors (Lipinski definition) is 1. The third kappa shape index (κ3) is 2.14. The highest BCUT2D eigenvalue weighted by Crippen LogP contribution is 2.20. The van der Waals surface area contributed by atoms with Gasteiger partial charge in [0.15, 0.2) is 5.16 Å². The lowest BCUT2D eigenvalue weighted by Gasteiger charge is -2.05. The number of aliphatic hydroxyl groups excluding tert-OH is 1. The summed E-state index contributed by atoms with van der Waals surface area (Å²) in [7, 11) is 1.73. The summed E-state index contributed by atoms with van der Waals surface area (Å²) in [6, 6.07) is 1.86. The molecule has 0 saturated carbocycles. The molecule has 1 N–H and O–H groups in total. The Morgan fingerprint density at radius 1 is 1.62 bits per heavy atom. The van der Waals surface area contributed by atoms with E-state index in [2.05, 4.69) is 4.98 Å². The molecule has 0 unspecified atom stereocenters. The fourth-order valence-corrected chi connectivity index (χ4v) is 3.03. The van der Waals surface area contributed by atoms with Crippen molar-refractivity contribution in [1.29, 1.82) is 0 Å². The van der Waals surface area contributed by atoms with E-state index in [-0.39, 0.29) is 12.2 Å². The Balaban J connectivity index is 2.37. The second kappa shape index (κ2) is 4.99. The fourth-order valence-electron chi connectivity index (χ4n) is 1.32. The highest BCUT2D eigenvalue weighted by Gasteiger charge is 2.08. The van der Waals surface area contributed by atoms with E-state index in [0.29, 0.717) is 16.3 Å². The van der Waals surface area contributed by atoms with Gasteiger partial charge in [-0.1, -0.05) is 11.8 Å². The van der Waals surface area contributed by atoms with Crippen molar-refractivity contribution in [3.63, 3.8) is 0 Å². The molecule has 2 rings (SSSR count). The van der Waals surface area contributed by atoms with Gasteiger partial charge in [0, 0.05) is 19.4 Å². The van der Waals surface area contributed by atoms with Gasteiger partial charge in [-0.15, -0.1) is 11.3 Å². The summed E-state index contributed by atoms with van der Waals surface area (Å²) >= 11 is 2.92. The highest BCUT2D eigenvalue weighted by molar-refractivity contribution is 7.99. The van der Waals surface area contributed by atoms with Crippen molar-refractivity contribution in [2.45, 2.75) is 11.6 Å². The molecule has 2 heterocycles. The lowest BCUT2D eigenvalue weighted by atomic mass is 10.5. The van der Waals surface area contributed by atoms with Gasteiger partial charge in [-0.3, -0.25) is 9.36 Å². The van der Waals surface area contributed by atoms with Crippen molar-refractivity contribution in [3.8, 4) is 0 Å². The topological polar surface area (TPSA) is 55.1 Å². The smallest absolute Gasteiger partial charge is 0.271 e. The maximum atomic E-state index is 11.9. The second-order valence-electron chi connectivity index (χ2n) is 3.32. The van der Waals surface area contributed by atoms with Gasteiger partial charge in [0.2, 0.25) is 0 Å². The van der Waals surface area contributed by atoms with E-state index in [9.17, 15) is 4.79 Å². The number of thioether (sulfide) groups is 1. The summed E-state index contributed by atoms with van der Waals surface area (Å²) in [4.78, 5) is 16.3. The number of hydrogen-bond acceptors (Lipinski definition) is 5. The van der Waals surface area contributed by atoms with Gasteiger partial charge in [-0.2, -0.15) is 0 Å². The van der Waals surface area contributed by atoms with Gasteiger partial charge in [-0.25, -0.2) is 4.98 Å². The van der Waals surface area contributed by atoms with Crippen molar-refractivity contribution in [1.82, 2.24) is 9.55 Å². The first-order valence-corrected chi connectivity index (χ1v) is 6.78. The summed E-state index contributed by atoms with van der Waals surface area (Å²) < 4.78 is 2.27. The number of aromatic nitrogens is 2. The largest absolute Gasteiger partial charge is 0.396 e. The molecular formula is C10H12N2O2S2. The molecule has 0 saturated heterocycles. The summed E-state index contributed by atoms with van der Waals surface area (Å²) in [5.41, 5.74) is 0.770. The molecule has 0 fully saturated rings. The average Bonchev–Trinajstić information content (AvgIpc) is 2.73. The molecule has 0 atom stereocenters. The normalized spacial score (nSPS) is 11.1. The average molecular weight is 256 g/mol. The van der Waals surface area contributed by atoms with E-state index in [1.165, 1.54) is 23.1 Å². The standard InChI is InChI=1S/C10H12N2O2S2/c1-12-9(14)8-7(3-6-15-8)11-10(12)16-5-2-4-13/h3,6,13H,2,4-5H2,1H3. The minimum atomic E-state index is 0.00602. The zero-order valence-corrected chi connectivity index (χ0v) is 10.5. The van der Waals surface area contributed by atoms with Crippen molar-refractivity contribution in [2.24, 2.45) is 7.05 Å². The van der Waals surface area contributed by atoms with Crippen LogP contribution in [-0.4, -0.2) is 27.0 Å². The Bertz CT molecular complexity index is 547. The first-order valence-electron chi connectivity index (χ1n) is 4.92. The van der Waals surface area contributed by atoms with Gasteiger partial charge in [0.1, 0.15) is 4.70 Å². The first kappa shape index (κ1) is 11.6. The highest BCUT2D eigenvalue weighted by atomic mass is 32.2. The number of aliphatic hydroxyl groups is 1. The van der Waals surface area contributed by atoms with E-state index < -0.39 is 0 Å². The third-order valence-electron chi connectivity index (χ3n) is 2.18. The van der Waals surface area contributed by atoms with Crippen molar-refractivity contribution in [3.05, 3.63) is 21.8 Å². The molecule has 0 aliphatic rings. The van der Waals surface area contributed by atoms with E-state index in [1.807, 2.05) is 11.4 Å². The van der Waals surface area contributed by atoms with Crippen molar-refractivity contribution < 1.29 is 5.11 Å². The van der Waals surface area contributed by atoms with Crippen LogP contribution in [0, 0.1) is 0 Å². The maximum Gasteiger partial charge on any atom is 0.271 e. The van der Waals surface area contributed by atoms with Crippen LogP contribution in [0.1, 0.15) is 6.42 Å². The molecule has 2 aromatic heterocycles. The van der Waals surface area contributed by atoms with Gasteiger partial charge in [0.25, 0.3) is 5.56 Å². The Morgan fingerprint density at radius 3 is 3.19 bits per heavy atom. The molecule has 6 heteroatoms. The Kier molecular flexibility index (Phi) is 3.63. The zero-order chi connectivity index (χ0) is 11.5. The monoisotopic (exact) mass is 256 g/mol. The van der Waals surface area contributed by atoms with Gasteiger partial charge >= 0.3 is 0 Å². The fraction of sp³-hybridized carbons (Fsp3) is 0.400. The van der Waals surface area contributed by atoms with Crippen LogP contribution in [0.4, 0.5) is 0 Å². The Labute approximate surface area is 101 Å². The van der Waals surface area contributed by atoms with Gasteiger partial charge in [-0.05, 0) is 17.9 Å². The zero-order valence-electron chi connectivity index (χ0n) is 8.84. The quantitative estimate of drug-likeness (QED) is 0.511. The molecule has 16 heavy (non-hydrogen) atoms. The van der Waals surface area contributed by atoms with Crippen LogP contribution in [0.5, 0.6) is 0 Å². The van der Waals surface area contributed by atoms with Crippen LogP contribution in [0.3, 0.4) is 0 Å². The number of nitrogens with zero attached hydrogens (tertiary/aromatic N) is 2. The summed E-state index contributed by atoms with van der Waals surface area (Å²) in [6.07, 6.45) is 0.711.